The zero-order valence-corrected chi connectivity index (χ0v) is 11.0. The Kier molecular flexibility index (Phi) is 2.50. The van der Waals surface area contributed by atoms with Crippen molar-refractivity contribution >= 4 is 33.2 Å². The van der Waals surface area contributed by atoms with Gasteiger partial charge in [-0.15, -0.1) is 0 Å². The molecule has 0 fully saturated rings. The van der Waals surface area contributed by atoms with Crippen molar-refractivity contribution in [3.63, 3.8) is 0 Å². The summed E-state index contributed by atoms with van der Waals surface area (Å²) < 4.78 is 0. The van der Waals surface area contributed by atoms with Crippen LogP contribution in [0.4, 0.5) is 11.4 Å². The summed E-state index contributed by atoms with van der Waals surface area (Å²) >= 11 is 0. The largest absolute Gasteiger partial charge is 0.508 e. The Morgan fingerprint density at radius 1 is 1.05 bits per heavy atom. The number of benzene rings is 2. The van der Waals surface area contributed by atoms with Crippen LogP contribution in [0.1, 0.15) is 0 Å². The van der Waals surface area contributed by atoms with E-state index in [1.54, 1.807) is 24.5 Å². The number of hydrogen-bond acceptors (Lipinski definition) is 4. The van der Waals surface area contributed by atoms with Gasteiger partial charge in [-0.25, -0.2) is 0 Å². The Bertz CT molecular complexity index is 945. The molecule has 0 amide bonds. The molecule has 2 aromatic carbocycles. The summed E-state index contributed by atoms with van der Waals surface area (Å²) in [5.41, 5.74) is 3.64. The molecule has 0 saturated heterocycles. The molecule has 5 nitrogen and oxygen atoms in total. The molecule has 0 atom stereocenters. The van der Waals surface area contributed by atoms with Crippen molar-refractivity contribution in [2.75, 3.05) is 5.32 Å². The summed E-state index contributed by atoms with van der Waals surface area (Å²) in [6.45, 7) is 0. The molecule has 4 rings (SSSR count). The van der Waals surface area contributed by atoms with Crippen LogP contribution in [-0.4, -0.2) is 20.3 Å². The summed E-state index contributed by atoms with van der Waals surface area (Å²) in [5, 5.41) is 21.9. The highest BCUT2D eigenvalue weighted by Crippen LogP contribution is 2.28. The van der Waals surface area contributed by atoms with Crippen molar-refractivity contribution in [3.05, 3.63) is 54.9 Å². The molecule has 2 heterocycles. The number of nitrogens with zero attached hydrogens (tertiary/aromatic N) is 2. The number of H-pyrrole nitrogens is 1. The normalized spacial score (nSPS) is 11.0. The molecular formula is C16H12N4O. The average molecular weight is 276 g/mol. The van der Waals surface area contributed by atoms with E-state index in [0.29, 0.717) is 0 Å². The number of phenolic OH excluding ortho intramolecular Hbond substituents is 1. The third-order valence-corrected chi connectivity index (χ3v) is 3.45. The van der Waals surface area contributed by atoms with Gasteiger partial charge in [0.15, 0.2) is 0 Å². The van der Waals surface area contributed by atoms with E-state index in [2.05, 4.69) is 20.5 Å². The molecule has 21 heavy (non-hydrogen) atoms. The number of anilines is 2. The predicted octanol–water partition coefficient (Wildman–Crippen LogP) is 3.56. The van der Waals surface area contributed by atoms with Gasteiger partial charge >= 0.3 is 0 Å². The van der Waals surface area contributed by atoms with Crippen molar-refractivity contribution in [2.45, 2.75) is 0 Å². The number of phenols is 1. The highest BCUT2D eigenvalue weighted by molar-refractivity contribution is 5.94. The highest BCUT2D eigenvalue weighted by Gasteiger charge is 2.04. The lowest BCUT2D eigenvalue weighted by molar-refractivity contribution is 0.476. The van der Waals surface area contributed by atoms with Gasteiger partial charge < -0.3 is 10.4 Å². The first-order valence-corrected chi connectivity index (χ1v) is 6.57. The SMILES string of the molecule is Oc1ccc2c(Nc3ccc4cn[nH]c4c3)ccnc2c1. The van der Waals surface area contributed by atoms with E-state index < -0.39 is 0 Å². The number of hydrogen-bond donors (Lipinski definition) is 3. The smallest absolute Gasteiger partial charge is 0.117 e. The maximum Gasteiger partial charge on any atom is 0.117 e. The minimum atomic E-state index is 0.214. The average Bonchev–Trinajstić information content (AvgIpc) is 2.95. The lowest BCUT2D eigenvalue weighted by Crippen LogP contribution is -1.92. The van der Waals surface area contributed by atoms with Gasteiger partial charge in [0.25, 0.3) is 0 Å². The molecule has 102 valence electrons. The summed E-state index contributed by atoms with van der Waals surface area (Å²) in [5.74, 6) is 0.214. The quantitative estimate of drug-likeness (QED) is 0.523. The zero-order chi connectivity index (χ0) is 14.2. The van der Waals surface area contributed by atoms with E-state index in [4.69, 9.17) is 0 Å². The topological polar surface area (TPSA) is 73.8 Å². The fraction of sp³-hybridized carbons (Fsp3) is 0. The Morgan fingerprint density at radius 3 is 2.95 bits per heavy atom. The van der Waals surface area contributed by atoms with E-state index in [-0.39, 0.29) is 5.75 Å². The Hall–Kier alpha value is -3.08. The number of aromatic amines is 1. The van der Waals surface area contributed by atoms with Crippen LogP contribution in [-0.2, 0) is 0 Å². The van der Waals surface area contributed by atoms with Crippen LogP contribution >= 0.6 is 0 Å². The Morgan fingerprint density at radius 2 is 2.00 bits per heavy atom. The van der Waals surface area contributed by atoms with Crippen molar-refractivity contribution in [2.24, 2.45) is 0 Å². The van der Waals surface area contributed by atoms with Crippen molar-refractivity contribution < 1.29 is 5.11 Å². The van der Waals surface area contributed by atoms with Crippen LogP contribution in [0.2, 0.25) is 0 Å². The van der Waals surface area contributed by atoms with Gasteiger partial charge in [0.1, 0.15) is 5.75 Å². The van der Waals surface area contributed by atoms with E-state index in [0.717, 1.165) is 33.2 Å². The second kappa shape index (κ2) is 4.49. The highest BCUT2D eigenvalue weighted by atomic mass is 16.3. The van der Waals surface area contributed by atoms with Gasteiger partial charge in [-0.3, -0.25) is 10.1 Å². The third-order valence-electron chi connectivity index (χ3n) is 3.45. The van der Waals surface area contributed by atoms with E-state index >= 15 is 0 Å². The lowest BCUT2D eigenvalue weighted by atomic mass is 10.1. The van der Waals surface area contributed by atoms with Gasteiger partial charge in [-0.1, -0.05) is 0 Å². The summed E-state index contributed by atoms with van der Waals surface area (Å²) in [6.07, 6.45) is 3.52. The third kappa shape index (κ3) is 2.04. The molecule has 0 unspecified atom stereocenters. The minimum absolute atomic E-state index is 0.214. The molecule has 0 radical (unpaired) electrons. The maximum absolute atomic E-state index is 9.53. The second-order valence-corrected chi connectivity index (χ2v) is 4.86. The summed E-state index contributed by atoms with van der Waals surface area (Å²) in [6, 6.07) is 13.1. The van der Waals surface area contributed by atoms with Crippen LogP contribution in [0, 0.1) is 0 Å². The monoisotopic (exact) mass is 276 g/mol. The number of rotatable bonds is 2. The molecular weight excluding hydrogens is 264 g/mol. The van der Waals surface area contributed by atoms with Crippen LogP contribution in [0.25, 0.3) is 21.8 Å². The fourth-order valence-electron chi connectivity index (χ4n) is 2.42. The van der Waals surface area contributed by atoms with Crippen molar-refractivity contribution in [1.29, 1.82) is 0 Å². The Labute approximate surface area is 120 Å². The van der Waals surface area contributed by atoms with Crippen LogP contribution in [0.5, 0.6) is 5.75 Å². The van der Waals surface area contributed by atoms with Gasteiger partial charge in [0, 0.05) is 34.4 Å². The first-order valence-electron chi connectivity index (χ1n) is 6.57. The molecule has 0 spiro atoms. The van der Waals surface area contributed by atoms with E-state index in [1.807, 2.05) is 30.3 Å². The second-order valence-electron chi connectivity index (χ2n) is 4.86. The molecule has 0 saturated carbocycles. The minimum Gasteiger partial charge on any atom is -0.508 e. The number of aromatic nitrogens is 3. The van der Waals surface area contributed by atoms with E-state index in [9.17, 15) is 5.11 Å². The van der Waals surface area contributed by atoms with Crippen molar-refractivity contribution in [1.82, 2.24) is 15.2 Å². The number of fused-ring (bicyclic) bond motifs is 2. The molecule has 0 aliphatic carbocycles. The number of pyridine rings is 1. The fourth-order valence-corrected chi connectivity index (χ4v) is 2.42. The van der Waals surface area contributed by atoms with Crippen LogP contribution in [0.3, 0.4) is 0 Å². The first-order chi connectivity index (χ1) is 10.3. The maximum atomic E-state index is 9.53. The molecule has 3 N–H and O–H groups in total. The molecule has 5 heteroatoms. The van der Waals surface area contributed by atoms with Gasteiger partial charge in [-0.2, -0.15) is 5.10 Å². The van der Waals surface area contributed by atoms with Crippen molar-refractivity contribution in [3.8, 4) is 5.75 Å². The molecule has 0 aliphatic rings. The Balaban J connectivity index is 1.79. The molecule has 0 bridgehead atoms. The standard InChI is InChI=1S/C16H12N4O/c21-12-3-4-13-14(5-6-17-16(13)8-12)19-11-2-1-10-9-18-20-15(10)7-11/h1-9,21H,(H,17,19)(H,18,20). The number of aromatic hydroxyl groups is 1. The first kappa shape index (κ1) is 11.7. The zero-order valence-electron chi connectivity index (χ0n) is 11.0. The van der Waals surface area contributed by atoms with Gasteiger partial charge in [-0.05, 0) is 36.4 Å². The lowest BCUT2D eigenvalue weighted by Gasteiger charge is -2.09. The summed E-state index contributed by atoms with van der Waals surface area (Å²) in [4.78, 5) is 4.27. The van der Waals surface area contributed by atoms with Gasteiger partial charge in [0.05, 0.1) is 17.2 Å². The predicted molar refractivity (Wildman–Crippen MR) is 82.8 cm³/mol. The van der Waals surface area contributed by atoms with Gasteiger partial charge in [0.2, 0.25) is 0 Å². The van der Waals surface area contributed by atoms with E-state index in [1.165, 1.54) is 0 Å². The van der Waals surface area contributed by atoms with Crippen LogP contribution < -0.4 is 5.32 Å². The molecule has 0 aliphatic heterocycles. The number of nitrogens with one attached hydrogen (secondary N) is 2. The summed E-state index contributed by atoms with van der Waals surface area (Å²) in [7, 11) is 0. The molecule has 2 aromatic heterocycles. The van der Waals surface area contributed by atoms with Crippen LogP contribution in [0.15, 0.2) is 54.9 Å². The molecule has 4 aromatic rings.